The predicted octanol–water partition coefficient (Wildman–Crippen LogP) is 29.2. The summed E-state index contributed by atoms with van der Waals surface area (Å²) in [5, 5.41) is 25.6. The fraction of sp³-hybridized carbons (Fsp3) is 0.333. The van der Waals surface area contributed by atoms with Crippen LogP contribution in [0.25, 0.3) is 43.1 Å². The summed E-state index contributed by atoms with van der Waals surface area (Å²) >= 11 is 0. The number of piperazine rings is 1. The summed E-state index contributed by atoms with van der Waals surface area (Å²) in [6, 6.07) is 85.2. The van der Waals surface area contributed by atoms with Crippen LogP contribution in [-0.2, 0) is 31.1 Å². The van der Waals surface area contributed by atoms with Gasteiger partial charge in [-0.3, -0.25) is 24.8 Å². The lowest BCUT2D eigenvalue weighted by Gasteiger charge is -2.45. The highest BCUT2D eigenvalue weighted by Gasteiger charge is 2.63. The zero-order valence-corrected chi connectivity index (χ0v) is 87.2. The molecule has 10 aliphatic rings. The van der Waals surface area contributed by atoms with Gasteiger partial charge in [-0.05, 0) is 258 Å². The maximum absolute atomic E-state index is 13.7. The smallest absolute Gasteiger partial charge is 0.344 e. The first-order chi connectivity index (χ1) is 70.4. The van der Waals surface area contributed by atoms with Crippen molar-refractivity contribution in [2.24, 2.45) is 20.0 Å². The molecule has 0 saturated carbocycles. The lowest BCUT2D eigenvalue weighted by molar-refractivity contribution is -0.105. The first-order valence-corrected chi connectivity index (χ1v) is 50.7. The van der Waals surface area contributed by atoms with Gasteiger partial charge in [0.25, 0.3) is 5.91 Å². The summed E-state index contributed by atoms with van der Waals surface area (Å²) in [5.74, 6) is 2.41. The summed E-state index contributed by atoms with van der Waals surface area (Å²) in [5.41, 5.74) is 11.0. The number of benzene rings is 14. The molecule has 24 rings (SSSR count). The maximum atomic E-state index is 13.7. The number of methoxy groups -OCH3 is 1. The molecule has 5 unspecified atom stereocenters. The van der Waals surface area contributed by atoms with E-state index in [1.807, 2.05) is 234 Å². The molecule has 784 valence electrons. The summed E-state index contributed by atoms with van der Waals surface area (Å²) in [6.45, 7) is 36.9. The van der Waals surface area contributed by atoms with Crippen LogP contribution in [0.3, 0.4) is 0 Å². The Labute approximate surface area is 884 Å². The number of esters is 2. The zero-order chi connectivity index (χ0) is 104. The molecular weight excluding hydrogens is 1880 g/mol. The number of hydrogen-bond donors (Lipinski definition) is 2. The average Bonchev–Trinajstić information content (AvgIpc) is 1.52. The summed E-state index contributed by atoms with van der Waals surface area (Å²) < 4.78 is 49.2. The third kappa shape index (κ3) is 18.4. The highest BCUT2D eigenvalue weighted by atomic mass is 16.7. The Morgan fingerprint density at radius 3 is 0.987 bits per heavy atom. The Balaban J connectivity index is 0.000000163. The highest BCUT2D eigenvalue weighted by molar-refractivity contribution is 6.14. The van der Waals surface area contributed by atoms with Crippen LogP contribution in [0.2, 0.25) is 0 Å². The Bertz CT molecular complexity index is 7470. The number of phenols is 1. The van der Waals surface area contributed by atoms with Crippen molar-refractivity contribution in [3.05, 3.63) is 311 Å². The van der Waals surface area contributed by atoms with Gasteiger partial charge in [0.2, 0.25) is 22.9 Å². The minimum Gasteiger partial charge on any atom is -0.508 e. The third-order valence-corrected chi connectivity index (χ3v) is 30.2. The number of carboxylic acids is 1. The van der Waals surface area contributed by atoms with Gasteiger partial charge in [-0.15, -0.1) is 0 Å². The monoisotopic (exact) mass is 2020 g/mol. The van der Waals surface area contributed by atoms with Crippen LogP contribution < -0.4 is 52.9 Å². The molecule has 14 aromatic carbocycles. The molecule has 1 amide bonds. The Morgan fingerprint density at radius 2 is 0.660 bits per heavy atom. The molecule has 2 saturated heterocycles. The van der Waals surface area contributed by atoms with Crippen molar-refractivity contribution in [2.75, 3.05) is 92.6 Å². The number of aromatic carboxylic acids is 1. The number of phenolic OH excluding ortho intramolecular Hbond substituents is 1. The van der Waals surface area contributed by atoms with Gasteiger partial charge in [0.05, 0.1) is 76.9 Å². The number of amides is 1. The van der Waals surface area contributed by atoms with Gasteiger partial charge in [-0.1, -0.05) is 206 Å². The lowest BCUT2D eigenvalue weighted by atomic mass is 9.77. The van der Waals surface area contributed by atoms with Crippen LogP contribution in [0.5, 0.6) is 40.2 Å². The first-order valence-electron chi connectivity index (χ1n) is 50.7. The summed E-state index contributed by atoms with van der Waals surface area (Å²) in [6.07, 6.45) is 10.4. The van der Waals surface area contributed by atoms with E-state index in [4.69, 9.17) is 57.9 Å². The van der Waals surface area contributed by atoms with E-state index in [2.05, 4.69) is 160 Å². The molecule has 24 nitrogen and oxygen atoms in total. The van der Waals surface area contributed by atoms with Gasteiger partial charge < -0.3 is 77.5 Å². The van der Waals surface area contributed by atoms with Crippen molar-refractivity contribution in [1.29, 1.82) is 0 Å². The molecule has 10 aliphatic heterocycles. The lowest BCUT2D eigenvalue weighted by Crippen LogP contribution is -2.61. The van der Waals surface area contributed by atoms with E-state index in [0.717, 1.165) is 122 Å². The van der Waals surface area contributed by atoms with E-state index >= 15 is 0 Å². The minimum absolute atomic E-state index is 0. The van der Waals surface area contributed by atoms with Crippen LogP contribution in [0, 0.1) is 0 Å². The van der Waals surface area contributed by atoms with Crippen molar-refractivity contribution in [3.63, 3.8) is 0 Å². The number of carbonyl (C=O) groups is 4. The number of aromatic hydroxyl groups is 1. The number of fused-ring (bicyclic) bond motifs is 16. The number of likely N-dealkylation sites (N-methyl/N-ethyl adjacent to an activating group) is 4. The van der Waals surface area contributed by atoms with Gasteiger partial charge in [-0.2, -0.15) is 0 Å². The highest BCUT2D eigenvalue weighted by Crippen LogP contribution is 2.60. The molecule has 14 aromatic rings. The number of anilines is 5. The molecule has 5 atom stereocenters. The molecule has 0 aromatic heterocycles. The molecule has 2 fully saturated rings. The first kappa shape index (κ1) is 112. The standard InChI is InChI=1S/C34H32N2O5.C33H32N4O3.C24H22N2O3.C23H20N2O3.4C2H6.4CH4/c1-33(2)27-11-4-5-12-28(27)36(3)34(33)21-35-31-25-9-8-10-26(24(25)18-19-29(31)41-34)32(37)40-23-16-14-22(15-17-23)39-30-13-6-7-20-38-30;1-32(2)27-9-4-5-10-28(27)35(3)33(32)21-34-30-25-7-6-8-26(24(25)15-16-29(30)40-33)31(39)37-19-17-36(18-20-37)22-11-13-23(38)14-12-22;1-23(2)18-10-5-6-11-19(18)26(3)24(23)14-25-21-16-8-7-9-17(22(27)28-4)15(16)12-13-20(21)29-24;1-22(2)17-9-4-5-10-18(17)25(3)23(22)13-24-20-15-7-6-8-16(21(26)27)14(15)11-12-19(20)28-23;4*1-2;;;;/h4-5,8-12,14-19,21,30H,6-7,13,20H2,1-3H3;4-16,21,38H,17-20H2,1-3H3;5-14H,1-4H3;4-13H,1-3H3,(H,26,27);4*1-2H3;4*1H4. The maximum Gasteiger partial charge on any atom is 0.344 e. The number of nitrogens with zero attached hydrogens (tertiary/aromatic N) is 10. The topological polar surface area (TPSA) is 251 Å². The van der Waals surface area contributed by atoms with E-state index in [1.165, 1.54) is 29.4 Å². The Morgan fingerprint density at radius 1 is 0.347 bits per heavy atom. The number of carboxylic acid groups (broad SMARTS) is 1. The van der Waals surface area contributed by atoms with Gasteiger partial charge in [0.15, 0.2) is 6.29 Å². The number of rotatable bonds is 8. The Kier molecular flexibility index (Phi) is 33.1. The fourth-order valence-corrected chi connectivity index (χ4v) is 22.2. The molecule has 0 radical (unpaired) electrons. The van der Waals surface area contributed by atoms with Gasteiger partial charge in [0.1, 0.15) is 63.0 Å². The summed E-state index contributed by atoms with van der Waals surface area (Å²) in [4.78, 5) is 83.2. The van der Waals surface area contributed by atoms with E-state index < -0.39 is 34.8 Å². The molecule has 150 heavy (non-hydrogen) atoms. The molecule has 10 heterocycles. The van der Waals surface area contributed by atoms with Crippen molar-refractivity contribution in [1.82, 2.24) is 4.90 Å². The second kappa shape index (κ2) is 44.5. The largest absolute Gasteiger partial charge is 0.508 e. The molecule has 24 heteroatoms. The number of carbonyl (C=O) groups excluding carboxylic acids is 3. The molecule has 0 bridgehead atoms. The van der Waals surface area contributed by atoms with E-state index in [-0.39, 0.29) is 80.8 Å². The number of aliphatic imine (C=N–C) groups is 4. The zero-order valence-electron chi connectivity index (χ0n) is 87.2. The minimum atomic E-state index is -0.949. The number of ether oxygens (including phenoxy) is 8. The van der Waals surface area contributed by atoms with Crippen LogP contribution in [0.4, 0.5) is 51.2 Å². The normalized spacial score (nSPS) is 19.9. The molecule has 4 spiro atoms. The molecular formula is C126H146N10O14. The van der Waals surface area contributed by atoms with Crippen molar-refractivity contribution in [2.45, 2.75) is 211 Å². The van der Waals surface area contributed by atoms with Crippen LogP contribution in [-0.4, -0.2) is 161 Å². The number of hydrogen-bond acceptors (Lipinski definition) is 22. The second-order valence-corrected chi connectivity index (χ2v) is 38.7. The van der Waals surface area contributed by atoms with Crippen molar-refractivity contribution in [3.8, 4) is 40.2 Å². The van der Waals surface area contributed by atoms with Crippen LogP contribution in [0.1, 0.15) is 223 Å². The van der Waals surface area contributed by atoms with Crippen molar-refractivity contribution < 1.29 is 67.3 Å². The third-order valence-electron chi connectivity index (χ3n) is 30.2. The van der Waals surface area contributed by atoms with E-state index in [0.29, 0.717) is 75.3 Å². The average molecular weight is 2020 g/mol. The predicted molar refractivity (Wildman–Crippen MR) is 616 cm³/mol. The van der Waals surface area contributed by atoms with Gasteiger partial charge in [-0.25, -0.2) is 14.4 Å². The van der Waals surface area contributed by atoms with Gasteiger partial charge in [0, 0.05) is 116 Å². The quantitative estimate of drug-likeness (QED) is 0.106. The van der Waals surface area contributed by atoms with Crippen LogP contribution in [0.15, 0.2) is 287 Å². The van der Waals surface area contributed by atoms with E-state index in [1.54, 1.807) is 66.7 Å². The van der Waals surface area contributed by atoms with Crippen LogP contribution >= 0.6 is 0 Å². The number of para-hydroxylation sites is 4. The fourth-order valence-electron chi connectivity index (χ4n) is 22.2. The van der Waals surface area contributed by atoms with E-state index in [9.17, 15) is 29.4 Å². The summed E-state index contributed by atoms with van der Waals surface area (Å²) in [7, 11) is 9.56. The van der Waals surface area contributed by atoms with Crippen molar-refractivity contribution >= 4 is 143 Å². The SMILES string of the molecule is C.C.C.C.CC.CC.CC.CC.CN1c2ccccc2C(C)(C)C12C=Nc1c(ccc3c(C(=O)N4CCN(c5ccc(O)cc5)CC4)cccc13)O2.CN1c2ccccc2C(C)(C)C12C=Nc1c(ccc3c(C(=O)O)cccc13)O2.CN1c2ccccc2C(C)(C)C12C=Nc1c(ccc3c(C(=O)Oc4ccc(OC5CCCCO5)cc4)cccc13)O2.COC(=O)c1cccc2c3c(ccc12)OC1(C=N3)N(C)c2ccccc2C1(C)C. The molecule has 2 N–H and O–H groups in total. The Hall–Kier alpha value is -15.6. The van der Waals surface area contributed by atoms with Gasteiger partial charge >= 0.3 is 17.9 Å². The second-order valence-electron chi connectivity index (χ2n) is 38.7. The molecule has 0 aliphatic carbocycles.